The fraction of sp³-hybridized carbons (Fsp3) is 0.818. The van der Waals surface area contributed by atoms with Crippen LogP contribution >= 0.6 is 11.3 Å². The molecule has 0 aromatic carbocycles. The molecule has 0 aliphatic heterocycles. The summed E-state index contributed by atoms with van der Waals surface area (Å²) in [5, 5.41) is 13.0. The van der Waals surface area contributed by atoms with Gasteiger partial charge in [-0.2, -0.15) is 0 Å². The molecule has 0 unspecified atom stereocenters. The second kappa shape index (κ2) is 9.32. The van der Waals surface area contributed by atoms with Crippen molar-refractivity contribution in [2.45, 2.75) is 33.3 Å². The lowest BCUT2D eigenvalue weighted by Gasteiger charge is -2.02. The van der Waals surface area contributed by atoms with E-state index in [1.54, 1.807) is 11.3 Å². The molecule has 0 bridgehead atoms. The minimum absolute atomic E-state index is 0.515. The molecule has 1 N–H and O–H groups in total. The number of nitrogens with zero attached hydrogens (tertiary/aromatic N) is 2. The lowest BCUT2D eigenvalue weighted by molar-refractivity contribution is 0.0406. The van der Waals surface area contributed by atoms with Crippen LogP contribution < -0.4 is 5.32 Å². The van der Waals surface area contributed by atoms with E-state index in [0.29, 0.717) is 19.8 Å². The average Bonchev–Trinajstić information content (AvgIpc) is 2.79. The molecule has 1 rings (SSSR count). The Morgan fingerprint density at radius 1 is 1.06 bits per heavy atom. The van der Waals surface area contributed by atoms with Gasteiger partial charge >= 0.3 is 0 Å². The van der Waals surface area contributed by atoms with E-state index in [0.717, 1.165) is 36.1 Å². The second-order valence-electron chi connectivity index (χ2n) is 3.59. The molecule has 1 aromatic heterocycles. The number of anilines is 1. The van der Waals surface area contributed by atoms with Gasteiger partial charge in [-0.05, 0) is 12.8 Å². The summed E-state index contributed by atoms with van der Waals surface area (Å²) >= 11 is 1.54. The van der Waals surface area contributed by atoms with Crippen LogP contribution in [0.2, 0.25) is 0 Å². The molecule has 0 amide bonds. The van der Waals surface area contributed by atoms with Crippen molar-refractivity contribution in [3.8, 4) is 0 Å². The number of ether oxygens (including phenoxy) is 2. The summed E-state index contributed by atoms with van der Waals surface area (Å²) in [5.41, 5.74) is 0. The molecule has 0 aliphatic carbocycles. The van der Waals surface area contributed by atoms with Gasteiger partial charge in [-0.3, -0.25) is 0 Å². The fourth-order valence-electron chi connectivity index (χ4n) is 1.14. The molecule has 0 atom stereocenters. The van der Waals surface area contributed by atoms with Crippen LogP contribution in [0.3, 0.4) is 0 Å². The summed E-state index contributed by atoms with van der Waals surface area (Å²) in [5.74, 6) is 0. The van der Waals surface area contributed by atoms with Crippen LogP contribution in [0.4, 0.5) is 5.13 Å². The largest absolute Gasteiger partial charge is 0.379 e. The van der Waals surface area contributed by atoms with Crippen molar-refractivity contribution in [2.75, 3.05) is 31.7 Å². The number of nitrogens with one attached hydrogen (secondary N) is 1. The van der Waals surface area contributed by atoms with Crippen molar-refractivity contribution < 1.29 is 9.47 Å². The number of hydrogen-bond acceptors (Lipinski definition) is 6. The van der Waals surface area contributed by atoms with Crippen LogP contribution in [0.25, 0.3) is 0 Å². The van der Waals surface area contributed by atoms with Crippen molar-refractivity contribution in [2.24, 2.45) is 0 Å². The molecule has 1 heterocycles. The van der Waals surface area contributed by atoms with Gasteiger partial charge in [0.05, 0.1) is 13.2 Å². The molecule has 17 heavy (non-hydrogen) atoms. The topological polar surface area (TPSA) is 56.3 Å². The number of aromatic nitrogens is 2. The molecule has 6 heteroatoms. The highest BCUT2D eigenvalue weighted by Gasteiger charge is 2.02. The first-order chi connectivity index (χ1) is 8.36. The van der Waals surface area contributed by atoms with E-state index in [1.807, 2.05) is 0 Å². The van der Waals surface area contributed by atoms with Crippen molar-refractivity contribution in [1.82, 2.24) is 10.2 Å². The number of hydrogen-bond donors (Lipinski definition) is 1. The third-order valence-electron chi connectivity index (χ3n) is 1.94. The predicted molar refractivity (Wildman–Crippen MR) is 69.5 cm³/mol. The smallest absolute Gasteiger partial charge is 0.205 e. The van der Waals surface area contributed by atoms with E-state index in [1.165, 1.54) is 0 Å². The Bertz CT molecular complexity index is 294. The van der Waals surface area contributed by atoms with E-state index >= 15 is 0 Å². The third-order valence-corrected chi connectivity index (χ3v) is 2.79. The molecule has 0 fully saturated rings. The summed E-state index contributed by atoms with van der Waals surface area (Å²) in [7, 11) is 0. The van der Waals surface area contributed by atoms with Crippen LogP contribution in [-0.4, -0.2) is 36.6 Å². The maximum absolute atomic E-state index is 5.44. The lowest BCUT2D eigenvalue weighted by atomic mass is 10.5. The predicted octanol–water partition coefficient (Wildman–Crippen LogP) is 2.30. The van der Waals surface area contributed by atoms with Gasteiger partial charge in [0.1, 0.15) is 11.6 Å². The van der Waals surface area contributed by atoms with Gasteiger partial charge in [0.15, 0.2) is 0 Å². The van der Waals surface area contributed by atoms with Crippen LogP contribution in [0, 0.1) is 0 Å². The normalized spacial score (nSPS) is 10.7. The van der Waals surface area contributed by atoms with E-state index in [2.05, 4.69) is 29.4 Å². The monoisotopic (exact) mass is 259 g/mol. The maximum Gasteiger partial charge on any atom is 0.205 e. The SMILES string of the molecule is CCCNc1nnc(COCCOCCC)s1. The fourth-order valence-corrected chi connectivity index (χ4v) is 1.84. The van der Waals surface area contributed by atoms with Crippen LogP contribution in [-0.2, 0) is 16.1 Å². The van der Waals surface area contributed by atoms with Crippen LogP contribution in [0.15, 0.2) is 0 Å². The Morgan fingerprint density at radius 3 is 2.65 bits per heavy atom. The summed E-state index contributed by atoms with van der Waals surface area (Å²) < 4.78 is 10.7. The number of rotatable bonds is 10. The standard InChI is InChI=1S/C11H21N3O2S/c1-3-5-12-11-14-13-10(17-11)9-16-8-7-15-6-4-2/h3-9H2,1-2H3,(H,12,14). The Labute approximate surface area is 107 Å². The zero-order valence-electron chi connectivity index (χ0n) is 10.6. The van der Waals surface area contributed by atoms with E-state index < -0.39 is 0 Å². The Kier molecular flexibility index (Phi) is 7.87. The molecular formula is C11H21N3O2S. The molecule has 0 saturated heterocycles. The molecule has 0 spiro atoms. The van der Waals surface area contributed by atoms with Crippen molar-refractivity contribution in [3.05, 3.63) is 5.01 Å². The van der Waals surface area contributed by atoms with Crippen molar-refractivity contribution >= 4 is 16.5 Å². The van der Waals surface area contributed by atoms with Crippen LogP contribution in [0.1, 0.15) is 31.7 Å². The van der Waals surface area contributed by atoms with Gasteiger partial charge in [-0.15, -0.1) is 10.2 Å². The summed E-state index contributed by atoms with van der Waals surface area (Å²) in [4.78, 5) is 0. The zero-order valence-corrected chi connectivity index (χ0v) is 11.4. The summed E-state index contributed by atoms with van der Waals surface area (Å²) in [6.45, 7) is 7.71. The Hall–Kier alpha value is -0.720. The zero-order chi connectivity index (χ0) is 12.3. The summed E-state index contributed by atoms with van der Waals surface area (Å²) in [6, 6.07) is 0. The van der Waals surface area contributed by atoms with E-state index in [-0.39, 0.29) is 0 Å². The van der Waals surface area contributed by atoms with Gasteiger partial charge in [0, 0.05) is 13.2 Å². The molecule has 98 valence electrons. The molecule has 0 saturated carbocycles. The maximum atomic E-state index is 5.44. The van der Waals surface area contributed by atoms with Gasteiger partial charge in [-0.25, -0.2) is 0 Å². The van der Waals surface area contributed by atoms with Crippen molar-refractivity contribution in [1.29, 1.82) is 0 Å². The van der Waals surface area contributed by atoms with Crippen LogP contribution in [0.5, 0.6) is 0 Å². The van der Waals surface area contributed by atoms with Gasteiger partial charge in [-0.1, -0.05) is 25.2 Å². The molecule has 0 aliphatic rings. The minimum Gasteiger partial charge on any atom is -0.379 e. The second-order valence-corrected chi connectivity index (χ2v) is 4.65. The molecular weight excluding hydrogens is 238 g/mol. The van der Waals surface area contributed by atoms with Crippen molar-refractivity contribution in [3.63, 3.8) is 0 Å². The molecule has 0 radical (unpaired) electrons. The third kappa shape index (κ3) is 6.55. The highest BCUT2D eigenvalue weighted by molar-refractivity contribution is 7.15. The first-order valence-electron chi connectivity index (χ1n) is 6.08. The first-order valence-corrected chi connectivity index (χ1v) is 6.90. The summed E-state index contributed by atoms with van der Waals surface area (Å²) in [6.07, 6.45) is 2.13. The van der Waals surface area contributed by atoms with E-state index in [4.69, 9.17) is 9.47 Å². The van der Waals surface area contributed by atoms with Gasteiger partial charge < -0.3 is 14.8 Å². The highest BCUT2D eigenvalue weighted by atomic mass is 32.1. The lowest BCUT2D eigenvalue weighted by Crippen LogP contribution is -2.04. The Balaban J connectivity index is 2.08. The van der Waals surface area contributed by atoms with Gasteiger partial charge in [0.25, 0.3) is 0 Å². The minimum atomic E-state index is 0.515. The first kappa shape index (κ1) is 14.3. The molecule has 1 aromatic rings. The molecule has 5 nitrogen and oxygen atoms in total. The van der Waals surface area contributed by atoms with E-state index in [9.17, 15) is 0 Å². The van der Waals surface area contributed by atoms with Gasteiger partial charge in [0.2, 0.25) is 5.13 Å². The quantitative estimate of drug-likeness (QED) is 0.653. The Morgan fingerprint density at radius 2 is 1.88 bits per heavy atom. The average molecular weight is 259 g/mol. The highest BCUT2D eigenvalue weighted by Crippen LogP contribution is 2.15.